The largest absolute Gasteiger partial charge is 0.469 e. The standard InChI is InChI=1S/C23H24N4O2/c1-15(11-12-19-10-7-13-29-19)25-23(28)20-14-16(2)24-22-21(20)17(3)26-27(22)18-8-5-4-6-9-18/h4-10,13-15H,11-12H2,1-3H3,(H,25,28). The fourth-order valence-corrected chi connectivity index (χ4v) is 3.53. The molecule has 1 amide bonds. The SMILES string of the molecule is Cc1cc(C(=O)NC(C)CCc2ccco2)c2c(C)nn(-c3ccccc3)c2n1. The predicted molar refractivity (Wildman–Crippen MR) is 112 cm³/mol. The molecule has 0 spiro atoms. The van der Waals surface area contributed by atoms with E-state index < -0.39 is 0 Å². The van der Waals surface area contributed by atoms with Crippen molar-refractivity contribution in [2.75, 3.05) is 0 Å². The molecule has 0 aliphatic heterocycles. The highest BCUT2D eigenvalue weighted by atomic mass is 16.3. The van der Waals surface area contributed by atoms with Crippen LogP contribution in [0.2, 0.25) is 0 Å². The van der Waals surface area contributed by atoms with Crippen molar-refractivity contribution in [3.8, 4) is 5.69 Å². The third kappa shape index (κ3) is 3.92. The Morgan fingerprint density at radius 3 is 2.69 bits per heavy atom. The monoisotopic (exact) mass is 388 g/mol. The second kappa shape index (κ2) is 7.91. The van der Waals surface area contributed by atoms with Gasteiger partial charge in [-0.15, -0.1) is 0 Å². The lowest BCUT2D eigenvalue weighted by atomic mass is 10.1. The first-order chi connectivity index (χ1) is 14.0. The van der Waals surface area contributed by atoms with Crippen molar-refractivity contribution < 1.29 is 9.21 Å². The zero-order chi connectivity index (χ0) is 20.4. The van der Waals surface area contributed by atoms with Crippen molar-refractivity contribution in [3.05, 3.63) is 77.5 Å². The molecule has 3 aromatic heterocycles. The Morgan fingerprint density at radius 1 is 1.17 bits per heavy atom. The Morgan fingerprint density at radius 2 is 1.97 bits per heavy atom. The molecule has 1 N–H and O–H groups in total. The van der Waals surface area contributed by atoms with Gasteiger partial charge in [-0.3, -0.25) is 4.79 Å². The zero-order valence-corrected chi connectivity index (χ0v) is 16.8. The maximum absolute atomic E-state index is 13.1. The first kappa shape index (κ1) is 18.9. The molecule has 0 aliphatic rings. The molecular weight excluding hydrogens is 364 g/mol. The molecule has 1 unspecified atom stereocenters. The van der Waals surface area contributed by atoms with Crippen molar-refractivity contribution in [3.63, 3.8) is 0 Å². The fourth-order valence-electron chi connectivity index (χ4n) is 3.53. The van der Waals surface area contributed by atoms with Crippen LogP contribution in [0, 0.1) is 13.8 Å². The number of carbonyl (C=O) groups is 1. The lowest BCUT2D eigenvalue weighted by Crippen LogP contribution is -2.33. The molecule has 0 radical (unpaired) electrons. The van der Waals surface area contributed by atoms with Gasteiger partial charge in [0.05, 0.1) is 28.6 Å². The number of aryl methyl sites for hydroxylation is 3. The third-order valence-corrected chi connectivity index (χ3v) is 4.97. The van der Waals surface area contributed by atoms with Crippen LogP contribution in [0.3, 0.4) is 0 Å². The van der Waals surface area contributed by atoms with Crippen molar-refractivity contribution in [1.82, 2.24) is 20.1 Å². The highest BCUT2D eigenvalue weighted by molar-refractivity contribution is 6.06. The van der Waals surface area contributed by atoms with Gasteiger partial charge in [-0.25, -0.2) is 9.67 Å². The summed E-state index contributed by atoms with van der Waals surface area (Å²) in [5.74, 6) is 0.816. The number of nitrogens with one attached hydrogen (secondary N) is 1. The Bertz CT molecular complexity index is 1130. The summed E-state index contributed by atoms with van der Waals surface area (Å²) in [4.78, 5) is 17.8. The van der Waals surface area contributed by atoms with Crippen LogP contribution in [0.25, 0.3) is 16.7 Å². The van der Waals surface area contributed by atoms with Gasteiger partial charge in [-0.2, -0.15) is 5.10 Å². The van der Waals surface area contributed by atoms with Crippen molar-refractivity contribution >= 4 is 16.9 Å². The topological polar surface area (TPSA) is 73.0 Å². The van der Waals surface area contributed by atoms with E-state index in [1.54, 1.807) is 10.9 Å². The van der Waals surface area contributed by atoms with E-state index in [2.05, 4.69) is 15.4 Å². The second-order valence-corrected chi connectivity index (χ2v) is 7.34. The number of nitrogens with zero attached hydrogens (tertiary/aromatic N) is 3. The maximum Gasteiger partial charge on any atom is 0.252 e. The number of hydrogen-bond acceptors (Lipinski definition) is 4. The van der Waals surface area contributed by atoms with E-state index in [1.165, 1.54) is 0 Å². The van der Waals surface area contributed by atoms with Crippen LogP contribution in [0.15, 0.2) is 59.2 Å². The molecule has 1 atom stereocenters. The molecule has 3 heterocycles. The number of pyridine rings is 1. The molecule has 6 heteroatoms. The number of para-hydroxylation sites is 1. The van der Waals surface area contributed by atoms with Crippen molar-refractivity contribution in [2.24, 2.45) is 0 Å². The molecule has 6 nitrogen and oxygen atoms in total. The summed E-state index contributed by atoms with van der Waals surface area (Å²) in [6.45, 7) is 5.82. The van der Waals surface area contributed by atoms with Gasteiger partial charge in [0, 0.05) is 18.2 Å². The molecule has 0 aliphatic carbocycles. The lowest BCUT2D eigenvalue weighted by molar-refractivity contribution is 0.0939. The van der Waals surface area contributed by atoms with E-state index in [-0.39, 0.29) is 11.9 Å². The Kier molecular flexibility index (Phi) is 5.16. The fraction of sp³-hybridized carbons (Fsp3) is 0.261. The molecule has 148 valence electrons. The quantitative estimate of drug-likeness (QED) is 0.532. The molecule has 29 heavy (non-hydrogen) atoms. The van der Waals surface area contributed by atoms with Gasteiger partial charge in [-0.1, -0.05) is 18.2 Å². The van der Waals surface area contributed by atoms with Gasteiger partial charge in [0.1, 0.15) is 5.76 Å². The van der Waals surface area contributed by atoms with E-state index in [9.17, 15) is 4.79 Å². The summed E-state index contributed by atoms with van der Waals surface area (Å²) in [5, 5.41) is 8.55. The van der Waals surface area contributed by atoms with Gasteiger partial charge in [0.25, 0.3) is 5.91 Å². The van der Waals surface area contributed by atoms with Gasteiger partial charge >= 0.3 is 0 Å². The van der Waals surface area contributed by atoms with Gasteiger partial charge < -0.3 is 9.73 Å². The average molecular weight is 388 g/mol. The van der Waals surface area contributed by atoms with Gasteiger partial charge in [0.15, 0.2) is 5.65 Å². The first-order valence-electron chi connectivity index (χ1n) is 9.78. The lowest BCUT2D eigenvalue weighted by Gasteiger charge is -2.14. The summed E-state index contributed by atoms with van der Waals surface area (Å²) in [7, 11) is 0. The Balaban J connectivity index is 1.63. The highest BCUT2D eigenvalue weighted by Crippen LogP contribution is 2.25. The number of fused-ring (bicyclic) bond motifs is 1. The number of carbonyl (C=O) groups excluding carboxylic acids is 1. The van der Waals surface area contributed by atoms with E-state index in [1.807, 2.05) is 69.3 Å². The molecule has 0 bridgehead atoms. The number of benzene rings is 1. The van der Waals surface area contributed by atoms with Crippen LogP contribution < -0.4 is 5.32 Å². The third-order valence-electron chi connectivity index (χ3n) is 4.97. The number of rotatable bonds is 6. The van der Waals surface area contributed by atoms with E-state index in [0.29, 0.717) is 11.2 Å². The van der Waals surface area contributed by atoms with Crippen LogP contribution in [-0.4, -0.2) is 26.7 Å². The minimum atomic E-state index is -0.108. The Hall–Kier alpha value is -3.41. The summed E-state index contributed by atoms with van der Waals surface area (Å²) in [5.41, 5.74) is 3.79. The van der Waals surface area contributed by atoms with Crippen LogP contribution >= 0.6 is 0 Å². The molecule has 4 aromatic rings. The van der Waals surface area contributed by atoms with E-state index in [4.69, 9.17) is 4.42 Å². The normalized spacial score (nSPS) is 12.2. The average Bonchev–Trinajstić information content (AvgIpc) is 3.34. The van der Waals surface area contributed by atoms with Crippen molar-refractivity contribution in [2.45, 2.75) is 39.7 Å². The molecule has 1 aromatic carbocycles. The summed E-state index contributed by atoms with van der Waals surface area (Å²) in [6.07, 6.45) is 3.25. The van der Waals surface area contributed by atoms with Gasteiger partial charge in [-0.05, 0) is 57.5 Å². The molecule has 0 saturated carbocycles. The summed E-state index contributed by atoms with van der Waals surface area (Å²) in [6, 6.07) is 15.5. The number of hydrogen-bond donors (Lipinski definition) is 1. The smallest absolute Gasteiger partial charge is 0.252 e. The van der Waals surface area contributed by atoms with Crippen LogP contribution in [0.5, 0.6) is 0 Å². The predicted octanol–water partition coefficient (Wildman–Crippen LogP) is 4.38. The van der Waals surface area contributed by atoms with Crippen LogP contribution in [0.4, 0.5) is 0 Å². The minimum Gasteiger partial charge on any atom is -0.469 e. The summed E-state index contributed by atoms with van der Waals surface area (Å²) >= 11 is 0. The second-order valence-electron chi connectivity index (χ2n) is 7.34. The van der Waals surface area contributed by atoms with Crippen LogP contribution in [-0.2, 0) is 6.42 Å². The molecule has 0 saturated heterocycles. The number of amides is 1. The van der Waals surface area contributed by atoms with Crippen molar-refractivity contribution in [1.29, 1.82) is 0 Å². The molecule has 0 fully saturated rings. The van der Waals surface area contributed by atoms with E-state index in [0.717, 1.165) is 41.1 Å². The first-order valence-corrected chi connectivity index (χ1v) is 9.78. The summed E-state index contributed by atoms with van der Waals surface area (Å²) < 4.78 is 7.18. The maximum atomic E-state index is 13.1. The van der Waals surface area contributed by atoms with E-state index >= 15 is 0 Å². The molecular formula is C23H24N4O2. The molecule has 4 rings (SSSR count). The van der Waals surface area contributed by atoms with Gasteiger partial charge in [0.2, 0.25) is 0 Å². The number of furan rings is 1. The number of aromatic nitrogens is 3. The Labute approximate surface area is 169 Å². The van der Waals surface area contributed by atoms with Crippen LogP contribution in [0.1, 0.15) is 40.9 Å². The minimum absolute atomic E-state index is 0.0144. The highest BCUT2D eigenvalue weighted by Gasteiger charge is 2.20. The zero-order valence-electron chi connectivity index (χ0n) is 16.8.